The lowest BCUT2D eigenvalue weighted by atomic mass is 10.2. The zero-order valence-corrected chi connectivity index (χ0v) is 14.1. The van der Waals surface area contributed by atoms with Gasteiger partial charge in [0.15, 0.2) is 5.82 Å². The van der Waals surface area contributed by atoms with E-state index in [1.807, 2.05) is 25.1 Å². The third-order valence-corrected chi connectivity index (χ3v) is 4.51. The first-order valence-corrected chi connectivity index (χ1v) is 8.43. The standard InChI is InChI=1S/C18H20N6O/c1-13-10-17(22-19-11-13)24-8-6-23(7-9-24)12-16-20-15-5-3-2-4-14(15)18(25)21-16/h2-5,10-11H,6-9,12H2,1H3,(H,20,21,25). The molecule has 0 spiro atoms. The molecule has 0 unspecified atom stereocenters. The molecule has 1 aromatic carbocycles. The predicted molar refractivity (Wildman–Crippen MR) is 96.6 cm³/mol. The quantitative estimate of drug-likeness (QED) is 0.778. The molecule has 3 heterocycles. The van der Waals surface area contributed by atoms with Crippen LogP contribution in [0.3, 0.4) is 0 Å². The van der Waals surface area contributed by atoms with Crippen molar-refractivity contribution in [3.8, 4) is 0 Å². The van der Waals surface area contributed by atoms with E-state index in [1.54, 1.807) is 12.3 Å². The van der Waals surface area contributed by atoms with Gasteiger partial charge in [-0.05, 0) is 30.7 Å². The van der Waals surface area contributed by atoms with Crippen LogP contribution in [0.25, 0.3) is 10.9 Å². The molecule has 0 aliphatic carbocycles. The monoisotopic (exact) mass is 336 g/mol. The second kappa shape index (κ2) is 6.60. The van der Waals surface area contributed by atoms with Crippen molar-refractivity contribution >= 4 is 16.7 Å². The molecule has 2 aromatic heterocycles. The Bertz CT molecular complexity index is 945. The zero-order valence-electron chi connectivity index (χ0n) is 14.1. The van der Waals surface area contributed by atoms with Crippen molar-refractivity contribution in [3.63, 3.8) is 0 Å². The van der Waals surface area contributed by atoms with Crippen LogP contribution < -0.4 is 10.5 Å². The summed E-state index contributed by atoms with van der Waals surface area (Å²) < 4.78 is 0. The Morgan fingerprint density at radius 1 is 1.16 bits per heavy atom. The summed E-state index contributed by atoms with van der Waals surface area (Å²) in [4.78, 5) is 24.2. The minimum Gasteiger partial charge on any atom is -0.353 e. The van der Waals surface area contributed by atoms with Gasteiger partial charge in [0, 0.05) is 26.2 Å². The van der Waals surface area contributed by atoms with Gasteiger partial charge < -0.3 is 9.88 Å². The van der Waals surface area contributed by atoms with Crippen LogP contribution in [0.1, 0.15) is 11.4 Å². The molecular weight excluding hydrogens is 316 g/mol. The summed E-state index contributed by atoms with van der Waals surface area (Å²) in [7, 11) is 0. The van der Waals surface area contributed by atoms with Gasteiger partial charge >= 0.3 is 0 Å². The van der Waals surface area contributed by atoms with E-state index in [0.29, 0.717) is 17.8 Å². The van der Waals surface area contributed by atoms with Crippen molar-refractivity contribution < 1.29 is 0 Å². The van der Waals surface area contributed by atoms with E-state index in [4.69, 9.17) is 0 Å². The van der Waals surface area contributed by atoms with Crippen LogP contribution in [0.5, 0.6) is 0 Å². The number of piperazine rings is 1. The first kappa shape index (κ1) is 15.7. The van der Waals surface area contributed by atoms with Crippen LogP contribution in [0.4, 0.5) is 5.82 Å². The number of aromatic amines is 1. The number of aromatic nitrogens is 4. The van der Waals surface area contributed by atoms with Crippen LogP contribution in [-0.2, 0) is 6.54 Å². The lowest BCUT2D eigenvalue weighted by Crippen LogP contribution is -2.46. The zero-order chi connectivity index (χ0) is 17.2. The Morgan fingerprint density at radius 3 is 2.76 bits per heavy atom. The predicted octanol–water partition coefficient (Wildman–Crippen LogP) is 1.34. The highest BCUT2D eigenvalue weighted by Gasteiger charge is 2.19. The maximum Gasteiger partial charge on any atom is 0.258 e. The van der Waals surface area contributed by atoms with Crippen molar-refractivity contribution in [2.24, 2.45) is 0 Å². The topological polar surface area (TPSA) is 78.0 Å². The number of hydrogen-bond donors (Lipinski definition) is 1. The highest BCUT2D eigenvalue weighted by molar-refractivity contribution is 5.77. The number of H-pyrrole nitrogens is 1. The lowest BCUT2D eigenvalue weighted by molar-refractivity contribution is 0.243. The van der Waals surface area contributed by atoms with Gasteiger partial charge in [-0.1, -0.05) is 12.1 Å². The summed E-state index contributed by atoms with van der Waals surface area (Å²) in [5, 5.41) is 8.88. The van der Waals surface area contributed by atoms with Gasteiger partial charge in [0.25, 0.3) is 5.56 Å². The Morgan fingerprint density at radius 2 is 1.96 bits per heavy atom. The smallest absolute Gasteiger partial charge is 0.258 e. The molecule has 0 saturated carbocycles. The average molecular weight is 336 g/mol. The van der Waals surface area contributed by atoms with E-state index in [2.05, 4.69) is 36.0 Å². The minimum absolute atomic E-state index is 0.0747. The number of benzene rings is 1. The fourth-order valence-electron chi connectivity index (χ4n) is 3.16. The summed E-state index contributed by atoms with van der Waals surface area (Å²) in [6, 6.07) is 9.49. The molecule has 3 aromatic rings. The summed E-state index contributed by atoms with van der Waals surface area (Å²) in [5.41, 5.74) is 1.79. The number of nitrogens with zero attached hydrogens (tertiary/aromatic N) is 5. The van der Waals surface area contributed by atoms with Crippen LogP contribution in [0.2, 0.25) is 0 Å². The molecule has 1 N–H and O–H groups in total. The molecule has 0 amide bonds. The van der Waals surface area contributed by atoms with Crippen LogP contribution in [0.15, 0.2) is 41.3 Å². The third kappa shape index (κ3) is 3.36. The van der Waals surface area contributed by atoms with Gasteiger partial charge in [0.2, 0.25) is 0 Å². The Kier molecular flexibility index (Phi) is 4.15. The van der Waals surface area contributed by atoms with E-state index in [1.165, 1.54) is 0 Å². The van der Waals surface area contributed by atoms with Crippen molar-refractivity contribution in [1.82, 2.24) is 25.1 Å². The second-order valence-corrected chi connectivity index (χ2v) is 6.38. The molecule has 4 rings (SSSR count). The fraction of sp³-hybridized carbons (Fsp3) is 0.333. The number of para-hydroxylation sites is 1. The second-order valence-electron chi connectivity index (χ2n) is 6.38. The molecule has 7 heteroatoms. The number of anilines is 1. The minimum atomic E-state index is -0.0747. The summed E-state index contributed by atoms with van der Waals surface area (Å²) in [6.45, 7) is 6.23. The van der Waals surface area contributed by atoms with E-state index in [0.717, 1.165) is 43.1 Å². The summed E-state index contributed by atoms with van der Waals surface area (Å²) in [5.74, 6) is 1.64. The molecule has 0 atom stereocenters. The van der Waals surface area contributed by atoms with Crippen molar-refractivity contribution in [2.45, 2.75) is 13.5 Å². The van der Waals surface area contributed by atoms with Gasteiger partial charge in [-0.15, -0.1) is 5.10 Å². The molecule has 25 heavy (non-hydrogen) atoms. The summed E-state index contributed by atoms with van der Waals surface area (Å²) in [6.07, 6.45) is 1.77. The number of nitrogens with one attached hydrogen (secondary N) is 1. The molecule has 1 saturated heterocycles. The van der Waals surface area contributed by atoms with E-state index >= 15 is 0 Å². The molecular formula is C18H20N6O. The maximum absolute atomic E-state index is 12.2. The largest absolute Gasteiger partial charge is 0.353 e. The number of hydrogen-bond acceptors (Lipinski definition) is 6. The molecule has 0 bridgehead atoms. The van der Waals surface area contributed by atoms with E-state index < -0.39 is 0 Å². The van der Waals surface area contributed by atoms with Crippen LogP contribution >= 0.6 is 0 Å². The van der Waals surface area contributed by atoms with Crippen molar-refractivity contribution in [2.75, 3.05) is 31.1 Å². The molecule has 0 radical (unpaired) electrons. The normalized spacial score (nSPS) is 15.6. The molecule has 128 valence electrons. The average Bonchev–Trinajstić information content (AvgIpc) is 2.62. The van der Waals surface area contributed by atoms with Gasteiger partial charge in [0.05, 0.1) is 23.6 Å². The Hall–Kier alpha value is -2.80. The van der Waals surface area contributed by atoms with Gasteiger partial charge in [0.1, 0.15) is 5.82 Å². The number of rotatable bonds is 3. The third-order valence-electron chi connectivity index (χ3n) is 4.51. The molecule has 1 aliphatic rings. The maximum atomic E-state index is 12.2. The number of aryl methyl sites for hydroxylation is 1. The van der Waals surface area contributed by atoms with E-state index in [-0.39, 0.29) is 5.56 Å². The highest BCUT2D eigenvalue weighted by atomic mass is 16.1. The van der Waals surface area contributed by atoms with Crippen molar-refractivity contribution in [1.29, 1.82) is 0 Å². The molecule has 1 fully saturated rings. The fourth-order valence-corrected chi connectivity index (χ4v) is 3.16. The van der Waals surface area contributed by atoms with Crippen molar-refractivity contribution in [3.05, 3.63) is 58.3 Å². The van der Waals surface area contributed by atoms with Gasteiger partial charge in [-0.3, -0.25) is 9.69 Å². The summed E-state index contributed by atoms with van der Waals surface area (Å²) >= 11 is 0. The van der Waals surface area contributed by atoms with Gasteiger partial charge in [-0.25, -0.2) is 4.98 Å². The van der Waals surface area contributed by atoms with Crippen LogP contribution in [0, 0.1) is 6.92 Å². The highest BCUT2D eigenvalue weighted by Crippen LogP contribution is 2.15. The van der Waals surface area contributed by atoms with Gasteiger partial charge in [-0.2, -0.15) is 5.10 Å². The Labute approximate surface area is 145 Å². The lowest BCUT2D eigenvalue weighted by Gasteiger charge is -2.34. The Balaban J connectivity index is 1.44. The molecule has 7 nitrogen and oxygen atoms in total. The first-order valence-electron chi connectivity index (χ1n) is 8.43. The number of fused-ring (bicyclic) bond motifs is 1. The van der Waals surface area contributed by atoms with Crippen LogP contribution in [-0.4, -0.2) is 51.2 Å². The molecule has 1 aliphatic heterocycles. The van der Waals surface area contributed by atoms with E-state index in [9.17, 15) is 4.79 Å². The SMILES string of the molecule is Cc1cnnc(N2CCN(Cc3nc4ccccc4c(=O)[nH]3)CC2)c1. The first-order chi connectivity index (χ1) is 12.2.